The lowest BCUT2D eigenvalue weighted by Gasteiger charge is -2.10. The fourth-order valence-electron chi connectivity index (χ4n) is 1.71. The molecule has 0 saturated carbocycles. The third-order valence-electron chi connectivity index (χ3n) is 2.62. The summed E-state index contributed by atoms with van der Waals surface area (Å²) in [6.45, 7) is 5.89. The largest absolute Gasteiger partial charge is 0.439 e. The van der Waals surface area contributed by atoms with Crippen LogP contribution in [0.5, 0.6) is 11.6 Å². The quantitative estimate of drug-likeness (QED) is 0.755. The van der Waals surface area contributed by atoms with Gasteiger partial charge in [0, 0.05) is 21.3 Å². The Kier molecular flexibility index (Phi) is 3.93. The van der Waals surface area contributed by atoms with Gasteiger partial charge in [0.2, 0.25) is 5.88 Å². The van der Waals surface area contributed by atoms with Gasteiger partial charge in [0.05, 0.1) is 0 Å². The predicted molar refractivity (Wildman–Crippen MR) is 77.7 cm³/mol. The van der Waals surface area contributed by atoms with Crippen molar-refractivity contribution in [2.75, 3.05) is 0 Å². The normalized spacial score (nSPS) is 10.5. The van der Waals surface area contributed by atoms with Crippen LogP contribution in [0.3, 0.4) is 0 Å². The van der Waals surface area contributed by atoms with Gasteiger partial charge < -0.3 is 4.74 Å². The van der Waals surface area contributed by atoms with Gasteiger partial charge in [-0.2, -0.15) is 0 Å². The molecule has 0 fully saturated rings. The Bertz CT molecular complexity index is 575. The average Bonchev–Trinajstić information content (AvgIpc) is 2.29. The van der Waals surface area contributed by atoms with Crippen LogP contribution in [0.1, 0.15) is 16.7 Å². The highest BCUT2D eigenvalue weighted by Gasteiger charge is 2.07. The first-order valence-corrected chi connectivity index (χ1v) is 6.71. The smallest absolute Gasteiger partial charge is 0.222 e. The molecule has 1 aromatic carbocycles. The Hall–Kier alpha value is -1.06. The zero-order chi connectivity index (χ0) is 13.3. The summed E-state index contributed by atoms with van der Waals surface area (Å²) in [7, 11) is 0. The Labute approximate surface area is 120 Å². The second kappa shape index (κ2) is 5.29. The number of aryl methyl sites for hydroxylation is 3. The lowest BCUT2D eigenvalue weighted by Crippen LogP contribution is -1.93. The Morgan fingerprint density at radius 2 is 1.67 bits per heavy atom. The van der Waals surface area contributed by atoms with Crippen molar-refractivity contribution in [3.8, 4) is 11.6 Å². The summed E-state index contributed by atoms with van der Waals surface area (Å²) in [6, 6.07) is 5.80. The molecular weight excluding hydrogens is 314 g/mol. The molecule has 18 heavy (non-hydrogen) atoms. The van der Waals surface area contributed by atoms with Crippen molar-refractivity contribution in [2.45, 2.75) is 20.8 Å². The van der Waals surface area contributed by atoms with Crippen molar-refractivity contribution in [2.24, 2.45) is 0 Å². The summed E-state index contributed by atoms with van der Waals surface area (Å²) >= 11 is 9.51. The van der Waals surface area contributed by atoms with Crippen LogP contribution in [0.25, 0.3) is 0 Å². The fourth-order valence-corrected chi connectivity index (χ4v) is 2.27. The number of halogens is 2. The van der Waals surface area contributed by atoms with Crippen LogP contribution in [0.4, 0.5) is 0 Å². The first-order valence-electron chi connectivity index (χ1n) is 5.54. The summed E-state index contributed by atoms with van der Waals surface area (Å²) in [4.78, 5) is 4.25. The van der Waals surface area contributed by atoms with E-state index in [0.29, 0.717) is 5.88 Å². The Morgan fingerprint density at radius 3 is 2.22 bits per heavy atom. The van der Waals surface area contributed by atoms with Gasteiger partial charge in [-0.15, -0.1) is 0 Å². The highest BCUT2D eigenvalue weighted by molar-refractivity contribution is 9.10. The zero-order valence-corrected chi connectivity index (χ0v) is 12.8. The number of rotatable bonds is 2. The minimum Gasteiger partial charge on any atom is -0.439 e. The summed E-state index contributed by atoms with van der Waals surface area (Å²) in [6.07, 6.45) is 1.72. The van der Waals surface area contributed by atoms with Gasteiger partial charge in [-0.25, -0.2) is 4.98 Å². The third-order valence-corrected chi connectivity index (χ3v) is 3.65. The van der Waals surface area contributed by atoms with Crippen LogP contribution in [0, 0.1) is 20.8 Å². The van der Waals surface area contributed by atoms with Gasteiger partial charge in [0.25, 0.3) is 0 Å². The van der Waals surface area contributed by atoms with Gasteiger partial charge in [-0.05, 0) is 66.0 Å². The van der Waals surface area contributed by atoms with Crippen molar-refractivity contribution in [1.29, 1.82) is 0 Å². The van der Waals surface area contributed by atoms with Crippen LogP contribution < -0.4 is 4.74 Å². The van der Waals surface area contributed by atoms with Gasteiger partial charge in [-0.1, -0.05) is 11.6 Å². The van der Waals surface area contributed by atoms with E-state index in [4.69, 9.17) is 16.3 Å². The van der Waals surface area contributed by atoms with Gasteiger partial charge in [-0.3, -0.25) is 0 Å². The van der Waals surface area contributed by atoms with E-state index in [2.05, 4.69) is 20.9 Å². The molecule has 1 aromatic heterocycles. The van der Waals surface area contributed by atoms with E-state index in [9.17, 15) is 0 Å². The molecule has 2 rings (SSSR count). The van der Waals surface area contributed by atoms with Crippen molar-refractivity contribution in [1.82, 2.24) is 4.98 Å². The van der Waals surface area contributed by atoms with E-state index in [1.807, 2.05) is 39.0 Å². The summed E-state index contributed by atoms with van der Waals surface area (Å²) < 4.78 is 6.73. The maximum atomic E-state index is 6.13. The summed E-state index contributed by atoms with van der Waals surface area (Å²) in [5, 5.41) is 0.780. The maximum Gasteiger partial charge on any atom is 0.222 e. The molecule has 94 valence electrons. The number of ether oxygens (including phenoxy) is 1. The van der Waals surface area contributed by atoms with Crippen LogP contribution >= 0.6 is 27.5 Å². The highest BCUT2D eigenvalue weighted by atomic mass is 79.9. The van der Waals surface area contributed by atoms with Crippen molar-refractivity contribution < 1.29 is 4.74 Å². The second-order valence-corrected chi connectivity index (χ2v) is 5.54. The molecule has 0 N–H and O–H groups in total. The van der Waals surface area contributed by atoms with Gasteiger partial charge in [0.1, 0.15) is 5.75 Å². The number of hydrogen-bond acceptors (Lipinski definition) is 2. The van der Waals surface area contributed by atoms with E-state index in [-0.39, 0.29) is 0 Å². The van der Waals surface area contributed by atoms with Gasteiger partial charge >= 0.3 is 0 Å². The topological polar surface area (TPSA) is 22.1 Å². The first kappa shape index (κ1) is 13.4. The molecular formula is C14H13BrClNO. The highest BCUT2D eigenvalue weighted by Crippen LogP contribution is 2.30. The second-order valence-electron chi connectivity index (χ2n) is 4.25. The van der Waals surface area contributed by atoms with Crippen molar-refractivity contribution >= 4 is 27.5 Å². The molecule has 0 aliphatic heterocycles. The molecule has 0 spiro atoms. The van der Waals surface area contributed by atoms with Crippen LogP contribution in [0.15, 0.2) is 28.9 Å². The lowest BCUT2D eigenvalue weighted by atomic mass is 10.1. The molecule has 2 aromatic rings. The van der Waals surface area contributed by atoms with E-state index in [0.717, 1.165) is 31.9 Å². The molecule has 4 heteroatoms. The number of pyridine rings is 1. The van der Waals surface area contributed by atoms with Crippen molar-refractivity contribution in [3.63, 3.8) is 0 Å². The SMILES string of the molecule is Cc1cc(Br)cnc1Oc1cc(C)c(Cl)c(C)c1. The molecule has 0 amide bonds. The number of benzene rings is 1. The zero-order valence-electron chi connectivity index (χ0n) is 10.4. The number of aromatic nitrogens is 1. The molecule has 0 aliphatic rings. The monoisotopic (exact) mass is 325 g/mol. The molecule has 0 bridgehead atoms. The lowest BCUT2D eigenvalue weighted by molar-refractivity contribution is 0.458. The fraction of sp³-hybridized carbons (Fsp3) is 0.214. The molecule has 1 heterocycles. The maximum absolute atomic E-state index is 6.13. The Morgan fingerprint density at radius 1 is 1.06 bits per heavy atom. The third kappa shape index (κ3) is 2.85. The van der Waals surface area contributed by atoms with E-state index in [1.165, 1.54) is 0 Å². The Balaban J connectivity index is 2.34. The average molecular weight is 327 g/mol. The van der Waals surface area contributed by atoms with Gasteiger partial charge in [0.15, 0.2) is 0 Å². The minimum absolute atomic E-state index is 0.610. The molecule has 0 radical (unpaired) electrons. The summed E-state index contributed by atoms with van der Waals surface area (Å²) in [5.41, 5.74) is 2.98. The molecule has 0 saturated heterocycles. The predicted octanol–water partition coefficient (Wildman–Crippen LogP) is 5.22. The molecule has 2 nitrogen and oxygen atoms in total. The van der Waals surface area contributed by atoms with Crippen molar-refractivity contribution in [3.05, 3.63) is 50.6 Å². The number of hydrogen-bond donors (Lipinski definition) is 0. The van der Waals surface area contributed by atoms with E-state index >= 15 is 0 Å². The molecule has 0 unspecified atom stereocenters. The van der Waals surface area contributed by atoms with Crippen LogP contribution in [0.2, 0.25) is 5.02 Å². The van der Waals surface area contributed by atoms with Crippen LogP contribution in [-0.4, -0.2) is 4.98 Å². The van der Waals surface area contributed by atoms with Crippen LogP contribution in [-0.2, 0) is 0 Å². The first-order chi connectivity index (χ1) is 8.47. The molecule has 0 atom stereocenters. The number of nitrogens with zero attached hydrogens (tertiary/aromatic N) is 1. The minimum atomic E-state index is 0.610. The standard InChI is InChI=1S/C14H13BrClNO/c1-8-5-12(6-9(2)13(8)16)18-14-10(3)4-11(15)7-17-14/h4-7H,1-3H3. The summed E-state index contributed by atoms with van der Waals surface area (Å²) in [5.74, 6) is 1.37. The van der Waals surface area contributed by atoms with E-state index < -0.39 is 0 Å². The van der Waals surface area contributed by atoms with E-state index in [1.54, 1.807) is 6.20 Å². The molecule has 0 aliphatic carbocycles.